The van der Waals surface area contributed by atoms with Gasteiger partial charge in [0.2, 0.25) is 0 Å². The maximum absolute atomic E-state index is 12.4. The summed E-state index contributed by atoms with van der Waals surface area (Å²) in [4.78, 5) is 12.4. The van der Waals surface area contributed by atoms with Gasteiger partial charge in [-0.2, -0.15) is 0 Å². The van der Waals surface area contributed by atoms with Crippen LogP contribution in [0.25, 0.3) is 6.08 Å². The van der Waals surface area contributed by atoms with Crippen LogP contribution in [0.1, 0.15) is 15.9 Å². The molecule has 0 unspecified atom stereocenters. The predicted molar refractivity (Wildman–Crippen MR) is 77.3 cm³/mol. The first-order chi connectivity index (χ1) is 10.5. The summed E-state index contributed by atoms with van der Waals surface area (Å²) in [6.07, 6.45) is 1.50. The Kier molecular flexibility index (Phi) is 3.14. The number of rotatable bonds is 1. The third kappa shape index (κ3) is 2.31. The largest absolute Gasteiger partial charge is 0.508 e. The molecule has 0 bridgehead atoms. The van der Waals surface area contributed by atoms with Gasteiger partial charge in [0.15, 0.2) is 17.3 Å². The van der Waals surface area contributed by atoms with E-state index in [0.29, 0.717) is 5.56 Å². The molecule has 0 saturated heterocycles. The molecule has 22 heavy (non-hydrogen) atoms. The Morgan fingerprint density at radius 1 is 0.955 bits per heavy atom. The second-order valence-corrected chi connectivity index (χ2v) is 4.87. The van der Waals surface area contributed by atoms with E-state index in [-0.39, 0.29) is 46.5 Å². The highest BCUT2D eigenvalue weighted by Crippen LogP contribution is 2.38. The molecule has 0 radical (unpaired) electrons. The average molecular weight is 300 g/mol. The molecule has 0 aromatic heterocycles. The van der Waals surface area contributed by atoms with Gasteiger partial charge in [0, 0.05) is 17.7 Å². The fourth-order valence-electron chi connectivity index (χ4n) is 2.25. The van der Waals surface area contributed by atoms with Crippen LogP contribution >= 0.6 is 0 Å². The molecule has 2 aromatic rings. The standard InChI is InChI=1S/C16H12O6/c17-10-5-13(20)15-14(6-10)22-7-9(16(15)21)3-8-1-2-11(18)12(19)4-8/h1-6,17-20H,7H2/b9-3+. The van der Waals surface area contributed by atoms with Gasteiger partial charge >= 0.3 is 0 Å². The van der Waals surface area contributed by atoms with Gasteiger partial charge in [0.25, 0.3) is 0 Å². The van der Waals surface area contributed by atoms with E-state index in [1.54, 1.807) is 0 Å². The molecule has 0 spiro atoms. The van der Waals surface area contributed by atoms with Crippen LogP contribution < -0.4 is 4.74 Å². The third-order valence-electron chi connectivity index (χ3n) is 3.31. The zero-order valence-electron chi connectivity index (χ0n) is 11.3. The van der Waals surface area contributed by atoms with Crippen molar-refractivity contribution in [3.05, 3.63) is 47.0 Å². The van der Waals surface area contributed by atoms with E-state index in [1.807, 2.05) is 0 Å². The number of phenols is 4. The number of carbonyl (C=O) groups is 1. The number of benzene rings is 2. The van der Waals surface area contributed by atoms with E-state index in [9.17, 15) is 25.2 Å². The van der Waals surface area contributed by atoms with Crippen molar-refractivity contribution >= 4 is 11.9 Å². The van der Waals surface area contributed by atoms with Crippen LogP contribution in [0.3, 0.4) is 0 Å². The van der Waals surface area contributed by atoms with Crippen LogP contribution in [-0.4, -0.2) is 32.8 Å². The third-order valence-corrected chi connectivity index (χ3v) is 3.31. The van der Waals surface area contributed by atoms with Gasteiger partial charge in [0.05, 0.1) is 0 Å². The number of carbonyl (C=O) groups excluding carboxylic acids is 1. The second-order valence-electron chi connectivity index (χ2n) is 4.87. The topological polar surface area (TPSA) is 107 Å². The summed E-state index contributed by atoms with van der Waals surface area (Å²) in [5.41, 5.74) is 0.765. The van der Waals surface area contributed by atoms with Crippen LogP contribution in [0.15, 0.2) is 35.9 Å². The molecular formula is C16H12O6. The van der Waals surface area contributed by atoms with E-state index in [4.69, 9.17) is 4.74 Å². The number of hydrogen-bond acceptors (Lipinski definition) is 6. The van der Waals surface area contributed by atoms with Crippen molar-refractivity contribution in [1.82, 2.24) is 0 Å². The summed E-state index contributed by atoms with van der Waals surface area (Å²) in [6.45, 7) is -0.0314. The van der Waals surface area contributed by atoms with Gasteiger partial charge in [-0.3, -0.25) is 4.79 Å². The number of hydrogen-bond donors (Lipinski definition) is 4. The summed E-state index contributed by atoms with van der Waals surface area (Å²) < 4.78 is 5.37. The smallest absolute Gasteiger partial charge is 0.199 e. The molecule has 6 heteroatoms. The molecular weight excluding hydrogens is 288 g/mol. The van der Waals surface area contributed by atoms with Crippen molar-refractivity contribution in [1.29, 1.82) is 0 Å². The van der Waals surface area contributed by atoms with Crippen molar-refractivity contribution in [2.45, 2.75) is 0 Å². The number of phenolic OH excluding ortho intramolecular Hbond substituents is 4. The van der Waals surface area contributed by atoms with Gasteiger partial charge < -0.3 is 25.2 Å². The average Bonchev–Trinajstić information content (AvgIpc) is 2.45. The molecule has 0 fully saturated rings. The molecule has 1 aliphatic heterocycles. The van der Waals surface area contributed by atoms with Crippen LogP contribution in [0.2, 0.25) is 0 Å². The summed E-state index contributed by atoms with van der Waals surface area (Å²) >= 11 is 0. The summed E-state index contributed by atoms with van der Waals surface area (Å²) in [7, 11) is 0. The number of ether oxygens (including phenoxy) is 1. The Balaban J connectivity index is 2.02. The number of aromatic hydroxyl groups is 4. The van der Waals surface area contributed by atoms with Gasteiger partial charge in [-0.1, -0.05) is 6.07 Å². The maximum atomic E-state index is 12.4. The van der Waals surface area contributed by atoms with Crippen molar-refractivity contribution in [3.63, 3.8) is 0 Å². The molecule has 4 N–H and O–H groups in total. The Bertz CT molecular complexity index is 807. The van der Waals surface area contributed by atoms with E-state index in [0.717, 1.165) is 6.07 Å². The number of ketones is 1. The first-order valence-corrected chi connectivity index (χ1v) is 6.41. The Morgan fingerprint density at radius 3 is 2.45 bits per heavy atom. The fourth-order valence-corrected chi connectivity index (χ4v) is 2.25. The lowest BCUT2D eigenvalue weighted by Crippen LogP contribution is -2.19. The van der Waals surface area contributed by atoms with Gasteiger partial charge in [-0.15, -0.1) is 0 Å². The SMILES string of the molecule is O=C1/C(=C/c2ccc(O)c(O)c2)COc2cc(O)cc(O)c21. The Morgan fingerprint density at radius 2 is 1.73 bits per heavy atom. The molecule has 6 nitrogen and oxygen atoms in total. The second kappa shape index (κ2) is 5.00. The zero-order valence-corrected chi connectivity index (χ0v) is 11.3. The van der Waals surface area contributed by atoms with Crippen LogP contribution in [0.5, 0.6) is 28.7 Å². The molecule has 112 valence electrons. The molecule has 1 heterocycles. The molecule has 0 saturated carbocycles. The molecule has 3 rings (SSSR count). The first-order valence-electron chi connectivity index (χ1n) is 6.41. The minimum absolute atomic E-state index is 0.0155. The van der Waals surface area contributed by atoms with Crippen molar-refractivity contribution in [2.75, 3.05) is 6.61 Å². The van der Waals surface area contributed by atoms with E-state index in [1.165, 1.54) is 30.3 Å². The van der Waals surface area contributed by atoms with Crippen LogP contribution in [0.4, 0.5) is 0 Å². The molecule has 0 amide bonds. The molecule has 0 atom stereocenters. The maximum Gasteiger partial charge on any atom is 0.199 e. The van der Waals surface area contributed by atoms with Crippen molar-refractivity contribution in [3.8, 4) is 28.7 Å². The lowest BCUT2D eigenvalue weighted by atomic mass is 9.97. The zero-order chi connectivity index (χ0) is 15.9. The van der Waals surface area contributed by atoms with Crippen LogP contribution in [0, 0.1) is 0 Å². The fraction of sp³-hybridized carbons (Fsp3) is 0.0625. The minimum atomic E-state index is -0.425. The first kappa shape index (κ1) is 13.8. The monoisotopic (exact) mass is 300 g/mol. The highest BCUT2D eigenvalue weighted by Gasteiger charge is 2.27. The van der Waals surface area contributed by atoms with E-state index < -0.39 is 5.78 Å². The minimum Gasteiger partial charge on any atom is -0.508 e. The lowest BCUT2D eigenvalue weighted by Gasteiger charge is -2.20. The Hall–Kier alpha value is -3.15. The van der Waals surface area contributed by atoms with Crippen molar-refractivity contribution in [2.24, 2.45) is 0 Å². The van der Waals surface area contributed by atoms with E-state index >= 15 is 0 Å². The normalized spacial score (nSPS) is 15.5. The summed E-state index contributed by atoms with van der Waals surface area (Å²) in [5.74, 6) is -1.42. The quantitative estimate of drug-likeness (QED) is 0.475. The van der Waals surface area contributed by atoms with Crippen LogP contribution in [-0.2, 0) is 0 Å². The van der Waals surface area contributed by atoms with Gasteiger partial charge in [-0.05, 0) is 23.8 Å². The predicted octanol–water partition coefficient (Wildman–Crippen LogP) is 2.17. The molecule has 1 aliphatic rings. The van der Waals surface area contributed by atoms with Gasteiger partial charge in [0.1, 0.15) is 29.4 Å². The van der Waals surface area contributed by atoms with Crippen molar-refractivity contribution < 1.29 is 30.0 Å². The molecule has 2 aromatic carbocycles. The Labute approximate surface area is 125 Å². The summed E-state index contributed by atoms with van der Waals surface area (Å²) in [6, 6.07) is 6.47. The highest BCUT2D eigenvalue weighted by molar-refractivity contribution is 6.15. The highest BCUT2D eigenvalue weighted by atomic mass is 16.5. The lowest BCUT2D eigenvalue weighted by molar-refractivity contribution is 0.0997. The van der Waals surface area contributed by atoms with Gasteiger partial charge in [-0.25, -0.2) is 0 Å². The number of fused-ring (bicyclic) bond motifs is 1. The summed E-state index contributed by atoms with van der Waals surface area (Å²) in [5, 5.41) is 37.9. The van der Waals surface area contributed by atoms with E-state index in [2.05, 4.69) is 0 Å². The number of Topliss-reactive ketones (excluding diaryl/α,β-unsaturated/α-hetero) is 1. The molecule has 0 aliphatic carbocycles.